The lowest BCUT2D eigenvalue weighted by atomic mass is 9.86. The van der Waals surface area contributed by atoms with E-state index in [0.717, 1.165) is 27.8 Å². The first-order chi connectivity index (χ1) is 13.3. The second kappa shape index (κ2) is 8.05. The van der Waals surface area contributed by atoms with E-state index in [-0.39, 0.29) is 29.8 Å². The van der Waals surface area contributed by atoms with Gasteiger partial charge in [0, 0.05) is 25.1 Å². The molecule has 1 aromatic carbocycles. The highest BCUT2D eigenvalue weighted by atomic mass is 16.2. The zero-order valence-corrected chi connectivity index (χ0v) is 16.8. The van der Waals surface area contributed by atoms with E-state index in [9.17, 15) is 14.4 Å². The molecule has 1 N–H and O–H groups in total. The molecule has 0 spiro atoms. The predicted octanol–water partition coefficient (Wildman–Crippen LogP) is 3.38. The monoisotopic (exact) mass is 378 g/mol. The number of rotatable bonds is 5. The smallest absolute Gasteiger partial charge is 0.269 e. The number of carbonyl (C=O) groups excluding carboxylic acids is 3. The van der Waals surface area contributed by atoms with Crippen LogP contribution in [0.5, 0.6) is 0 Å². The van der Waals surface area contributed by atoms with Crippen LogP contribution in [-0.2, 0) is 9.59 Å². The molecule has 2 unspecified atom stereocenters. The van der Waals surface area contributed by atoms with Gasteiger partial charge in [-0.05, 0) is 68.5 Å². The minimum atomic E-state index is -0.667. The van der Waals surface area contributed by atoms with Crippen molar-refractivity contribution in [3.8, 4) is 0 Å². The highest BCUT2D eigenvalue weighted by Crippen LogP contribution is 2.37. The van der Waals surface area contributed by atoms with Crippen LogP contribution in [0.3, 0.4) is 0 Å². The van der Waals surface area contributed by atoms with Crippen LogP contribution >= 0.6 is 0 Å². The van der Waals surface area contributed by atoms with Crippen molar-refractivity contribution in [3.05, 3.63) is 64.0 Å². The summed E-state index contributed by atoms with van der Waals surface area (Å²) in [5, 5.41) is 2.81. The van der Waals surface area contributed by atoms with Crippen molar-refractivity contribution in [1.82, 2.24) is 10.3 Å². The molecule has 0 aliphatic heterocycles. The Morgan fingerprint density at radius 1 is 1.07 bits per heavy atom. The number of hydrogen-bond donors (Lipinski definition) is 1. The van der Waals surface area contributed by atoms with Crippen molar-refractivity contribution in [2.24, 2.45) is 5.92 Å². The normalized spacial score (nSPS) is 19.1. The van der Waals surface area contributed by atoms with Crippen LogP contribution in [0.2, 0.25) is 0 Å². The predicted molar refractivity (Wildman–Crippen MR) is 107 cm³/mol. The van der Waals surface area contributed by atoms with Gasteiger partial charge in [0.05, 0.1) is 0 Å². The summed E-state index contributed by atoms with van der Waals surface area (Å²) < 4.78 is 0. The van der Waals surface area contributed by atoms with Crippen LogP contribution in [0.1, 0.15) is 57.1 Å². The molecule has 0 radical (unpaired) electrons. The molecule has 2 aromatic rings. The number of amides is 1. The lowest BCUT2D eigenvalue weighted by Crippen LogP contribution is -2.28. The summed E-state index contributed by atoms with van der Waals surface area (Å²) in [5.74, 6) is -1.31. The van der Waals surface area contributed by atoms with E-state index in [1.54, 1.807) is 12.3 Å². The van der Waals surface area contributed by atoms with E-state index in [0.29, 0.717) is 18.7 Å². The standard InChI is InChI=1S/C23H26N2O3/c1-13-5-7-24-18(11-13)23(28)25-8-6-17-12-19(26)21(22(17)27)20-15(3)9-14(2)10-16(20)4/h5,7,9-11,17,21H,6,8,12H2,1-4H3,(H,25,28). The first-order valence-electron chi connectivity index (χ1n) is 9.63. The molecule has 1 aliphatic carbocycles. The fourth-order valence-corrected chi connectivity index (χ4v) is 4.16. The number of nitrogens with one attached hydrogen (secondary N) is 1. The van der Waals surface area contributed by atoms with Gasteiger partial charge in [0.2, 0.25) is 0 Å². The molecule has 1 fully saturated rings. The maximum atomic E-state index is 13.0. The van der Waals surface area contributed by atoms with Gasteiger partial charge in [-0.25, -0.2) is 0 Å². The summed E-state index contributed by atoms with van der Waals surface area (Å²) in [6.07, 6.45) is 2.30. The van der Waals surface area contributed by atoms with Gasteiger partial charge in [0.25, 0.3) is 5.91 Å². The molecule has 28 heavy (non-hydrogen) atoms. The molecule has 3 rings (SSSR count). The summed E-state index contributed by atoms with van der Waals surface area (Å²) in [6.45, 7) is 8.17. The largest absolute Gasteiger partial charge is 0.351 e. The van der Waals surface area contributed by atoms with Crippen LogP contribution in [0.4, 0.5) is 0 Å². The number of nitrogens with zero attached hydrogens (tertiary/aromatic N) is 1. The highest BCUT2D eigenvalue weighted by Gasteiger charge is 2.42. The van der Waals surface area contributed by atoms with Crippen LogP contribution in [0.25, 0.3) is 0 Å². The van der Waals surface area contributed by atoms with Crippen molar-refractivity contribution < 1.29 is 14.4 Å². The Bertz CT molecular complexity index is 926. The Hall–Kier alpha value is -2.82. The van der Waals surface area contributed by atoms with Gasteiger partial charge < -0.3 is 5.32 Å². The van der Waals surface area contributed by atoms with E-state index in [2.05, 4.69) is 10.3 Å². The first kappa shape index (κ1) is 19.9. The molecule has 1 saturated carbocycles. The Labute approximate surface area is 165 Å². The lowest BCUT2D eigenvalue weighted by molar-refractivity contribution is -0.124. The highest BCUT2D eigenvalue weighted by molar-refractivity contribution is 6.15. The molecule has 5 nitrogen and oxygen atoms in total. The second-order valence-corrected chi connectivity index (χ2v) is 7.78. The minimum Gasteiger partial charge on any atom is -0.351 e. The summed E-state index contributed by atoms with van der Waals surface area (Å²) in [5.41, 5.74) is 5.28. The molecule has 5 heteroatoms. The number of ketones is 2. The Morgan fingerprint density at radius 3 is 2.39 bits per heavy atom. The lowest BCUT2D eigenvalue weighted by Gasteiger charge is -2.16. The summed E-state index contributed by atoms with van der Waals surface area (Å²) >= 11 is 0. The van der Waals surface area contributed by atoms with Crippen molar-refractivity contribution in [2.75, 3.05) is 6.54 Å². The number of aryl methyl sites for hydroxylation is 4. The van der Waals surface area contributed by atoms with Gasteiger partial charge in [-0.2, -0.15) is 0 Å². The van der Waals surface area contributed by atoms with Crippen LogP contribution in [-0.4, -0.2) is 29.0 Å². The topological polar surface area (TPSA) is 76.1 Å². The van der Waals surface area contributed by atoms with Gasteiger partial charge in [-0.3, -0.25) is 19.4 Å². The maximum absolute atomic E-state index is 13.0. The number of Topliss-reactive ketones (excluding diaryl/α,β-unsaturated/α-hetero) is 2. The third kappa shape index (κ3) is 4.03. The maximum Gasteiger partial charge on any atom is 0.269 e. The van der Waals surface area contributed by atoms with Gasteiger partial charge in [0.15, 0.2) is 5.78 Å². The zero-order chi connectivity index (χ0) is 20.4. The fourth-order valence-electron chi connectivity index (χ4n) is 4.16. The Morgan fingerprint density at radius 2 is 1.75 bits per heavy atom. The first-order valence-corrected chi connectivity index (χ1v) is 9.63. The third-order valence-corrected chi connectivity index (χ3v) is 5.41. The second-order valence-electron chi connectivity index (χ2n) is 7.78. The molecule has 1 amide bonds. The van der Waals surface area contributed by atoms with E-state index < -0.39 is 5.92 Å². The van der Waals surface area contributed by atoms with E-state index in [1.165, 1.54) is 0 Å². The fraction of sp³-hybridized carbons (Fsp3) is 0.391. The summed E-state index contributed by atoms with van der Waals surface area (Å²) in [7, 11) is 0. The molecule has 1 aliphatic rings. The van der Waals surface area contributed by atoms with E-state index >= 15 is 0 Å². The minimum absolute atomic E-state index is 0.0169. The molecule has 0 bridgehead atoms. The summed E-state index contributed by atoms with van der Waals surface area (Å²) in [4.78, 5) is 41.8. The molecule has 1 heterocycles. The average Bonchev–Trinajstić information content (AvgIpc) is 2.89. The molecule has 146 valence electrons. The number of aromatic nitrogens is 1. The molecule has 0 saturated heterocycles. The van der Waals surface area contributed by atoms with Gasteiger partial charge in [-0.15, -0.1) is 0 Å². The average molecular weight is 378 g/mol. The summed E-state index contributed by atoms with van der Waals surface area (Å²) in [6, 6.07) is 7.59. The Balaban J connectivity index is 1.65. The SMILES string of the molecule is Cc1ccnc(C(=O)NCCC2CC(=O)C(c3c(C)cc(C)cc3C)C2=O)c1. The van der Waals surface area contributed by atoms with Crippen molar-refractivity contribution >= 4 is 17.5 Å². The Kier molecular flexibility index (Phi) is 5.73. The van der Waals surface area contributed by atoms with Gasteiger partial charge in [-0.1, -0.05) is 17.7 Å². The van der Waals surface area contributed by atoms with Crippen LogP contribution < -0.4 is 5.32 Å². The van der Waals surface area contributed by atoms with Crippen LogP contribution in [0, 0.1) is 33.6 Å². The molecule has 2 atom stereocenters. The van der Waals surface area contributed by atoms with Crippen molar-refractivity contribution in [3.63, 3.8) is 0 Å². The van der Waals surface area contributed by atoms with Gasteiger partial charge in [0.1, 0.15) is 17.4 Å². The number of benzene rings is 1. The van der Waals surface area contributed by atoms with Crippen LogP contribution in [0.15, 0.2) is 30.5 Å². The molecular formula is C23H26N2O3. The quantitative estimate of drug-likeness (QED) is 0.810. The van der Waals surface area contributed by atoms with Crippen molar-refractivity contribution in [2.45, 2.75) is 46.5 Å². The zero-order valence-electron chi connectivity index (χ0n) is 16.8. The van der Waals surface area contributed by atoms with Crippen molar-refractivity contribution in [1.29, 1.82) is 0 Å². The van der Waals surface area contributed by atoms with Gasteiger partial charge >= 0.3 is 0 Å². The third-order valence-electron chi connectivity index (χ3n) is 5.41. The number of pyridine rings is 1. The molecular weight excluding hydrogens is 352 g/mol. The number of hydrogen-bond acceptors (Lipinski definition) is 4. The number of carbonyl (C=O) groups is 3. The van der Waals surface area contributed by atoms with E-state index in [1.807, 2.05) is 45.9 Å². The van der Waals surface area contributed by atoms with E-state index in [4.69, 9.17) is 0 Å². The molecule has 1 aromatic heterocycles.